The van der Waals surface area contributed by atoms with Gasteiger partial charge in [0, 0.05) is 41.7 Å². The van der Waals surface area contributed by atoms with Gasteiger partial charge in [0.2, 0.25) is 0 Å². The fraction of sp³-hybridized carbons (Fsp3) is 0.292. The molecule has 0 unspecified atom stereocenters. The van der Waals surface area contributed by atoms with E-state index in [1.54, 1.807) is 19.2 Å². The van der Waals surface area contributed by atoms with Crippen LogP contribution in [0, 0.1) is 10.1 Å². The van der Waals surface area contributed by atoms with E-state index >= 15 is 0 Å². The number of para-hydroxylation sites is 2. The summed E-state index contributed by atoms with van der Waals surface area (Å²) in [4.78, 5) is 23.2. The van der Waals surface area contributed by atoms with E-state index in [1.807, 2.05) is 24.3 Å². The van der Waals surface area contributed by atoms with Crippen molar-refractivity contribution in [2.75, 3.05) is 25.5 Å². The highest BCUT2D eigenvalue weighted by Crippen LogP contribution is 2.30. The van der Waals surface area contributed by atoms with Crippen LogP contribution in [0.2, 0.25) is 0 Å². The minimum atomic E-state index is -3.63. The first-order valence-corrected chi connectivity index (χ1v) is 13.5. The van der Waals surface area contributed by atoms with E-state index in [-0.39, 0.29) is 28.0 Å². The first-order valence-electron chi connectivity index (χ1n) is 11.3. The maximum atomic E-state index is 13.2. The molecule has 1 aromatic heterocycles. The third kappa shape index (κ3) is 5.83. The molecule has 190 valence electrons. The van der Waals surface area contributed by atoms with Crippen LogP contribution >= 0.6 is 11.3 Å². The van der Waals surface area contributed by atoms with E-state index in [4.69, 9.17) is 4.74 Å². The van der Waals surface area contributed by atoms with Crippen LogP contribution < -0.4 is 15.4 Å². The molecule has 4 rings (SSSR count). The second-order valence-electron chi connectivity index (χ2n) is 8.23. The van der Waals surface area contributed by atoms with Gasteiger partial charge in [0.1, 0.15) is 9.96 Å². The van der Waals surface area contributed by atoms with E-state index in [0.29, 0.717) is 30.8 Å². The van der Waals surface area contributed by atoms with Gasteiger partial charge in [-0.25, -0.2) is 8.42 Å². The van der Waals surface area contributed by atoms with Gasteiger partial charge in [-0.2, -0.15) is 4.31 Å². The van der Waals surface area contributed by atoms with Crippen LogP contribution in [-0.4, -0.2) is 49.8 Å². The fourth-order valence-corrected chi connectivity index (χ4v) is 6.87. The lowest BCUT2D eigenvalue weighted by Gasteiger charge is -2.32. The first kappa shape index (κ1) is 25.6. The number of amides is 1. The average molecular weight is 531 g/mol. The Hall–Kier alpha value is -3.48. The largest absolute Gasteiger partial charge is 0.495 e. The number of methoxy groups -OCH3 is 1. The number of ether oxygens (including phenoxy) is 1. The number of hydrogen-bond acceptors (Lipinski definition) is 8. The Morgan fingerprint density at radius 1 is 1.11 bits per heavy atom. The van der Waals surface area contributed by atoms with Gasteiger partial charge in [0.05, 0.1) is 24.3 Å². The molecular weight excluding hydrogens is 504 g/mol. The quantitative estimate of drug-likeness (QED) is 0.317. The predicted octanol–water partition coefficient (Wildman–Crippen LogP) is 3.86. The summed E-state index contributed by atoms with van der Waals surface area (Å²) in [5.74, 6) is 0.353. The highest BCUT2D eigenvalue weighted by Gasteiger charge is 2.30. The van der Waals surface area contributed by atoms with Crippen molar-refractivity contribution in [1.29, 1.82) is 0 Å². The van der Waals surface area contributed by atoms with Gasteiger partial charge in [-0.05, 0) is 49.2 Å². The van der Waals surface area contributed by atoms with E-state index in [1.165, 1.54) is 28.6 Å². The van der Waals surface area contributed by atoms with Crippen LogP contribution in [0.5, 0.6) is 5.75 Å². The Morgan fingerprint density at radius 3 is 2.47 bits per heavy atom. The summed E-state index contributed by atoms with van der Waals surface area (Å²) in [5.41, 5.74) is 1.08. The van der Waals surface area contributed by atoms with Gasteiger partial charge in [0.25, 0.3) is 21.6 Å². The van der Waals surface area contributed by atoms with Gasteiger partial charge in [-0.1, -0.05) is 12.1 Å². The van der Waals surface area contributed by atoms with Crippen molar-refractivity contribution in [3.8, 4) is 5.75 Å². The van der Waals surface area contributed by atoms with Crippen molar-refractivity contribution in [1.82, 2.24) is 9.62 Å². The van der Waals surface area contributed by atoms with E-state index < -0.39 is 20.9 Å². The minimum Gasteiger partial charge on any atom is -0.495 e. The molecule has 0 saturated carbocycles. The number of anilines is 1. The number of hydrogen-bond donors (Lipinski definition) is 2. The number of thiophene rings is 1. The summed E-state index contributed by atoms with van der Waals surface area (Å²) in [6.07, 6.45) is 1.33. The smallest absolute Gasteiger partial charge is 0.269 e. The van der Waals surface area contributed by atoms with Gasteiger partial charge in [-0.3, -0.25) is 14.9 Å². The molecule has 0 spiro atoms. The Bertz CT molecular complexity index is 1330. The van der Waals surface area contributed by atoms with E-state index in [2.05, 4.69) is 10.6 Å². The molecule has 1 saturated heterocycles. The van der Waals surface area contributed by atoms with Crippen molar-refractivity contribution < 1.29 is 22.9 Å². The van der Waals surface area contributed by atoms with Crippen molar-refractivity contribution in [3.63, 3.8) is 0 Å². The molecule has 0 aliphatic carbocycles. The molecule has 0 atom stereocenters. The van der Waals surface area contributed by atoms with Crippen LogP contribution in [-0.2, 0) is 16.6 Å². The van der Waals surface area contributed by atoms with Crippen molar-refractivity contribution in [2.24, 2.45) is 0 Å². The molecule has 10 nitrogen and oxygen atoms in total. The third-order valence-corrected chi connectivity index (χ3v) is 9.37. The summed E-state index contributed by atoms with van der Waals surface area (Å²) in [6, 6.07) is 16.3. The lowest BCUT2D eigenvalue weighted by Crippen LogP contribution is -2.42. The van der Waals surface area contributed by atoms with Crippen LogP contribution in [0.1, 0.15) is 28.1 Å². The van der Waals surface area contributed by atoms with Crippen LogP contribution in [0.15, 0.2) is 64.9 Å². The minimum absolute atomic E-state index is 0.0979. The number of sulfonamides is 1. The molecule has 0 bridgehead atoms. The summed E-state index contributed by atoms with van der Waals surface area (Å²) in [6.45, 7) is 0.958. The topological polar surface area (TPSA) is 131 Å². The fourth-order valence-electron chi connectivity index (χ4n) is 3.95. The normalized spacial score (nSPS) is 14.8. The molecular formula is C24H26N4O6S2. The number of nitro benzene ring substituents is 1. The molecule has 1 amide bonds. The molecule has 1 aliphatic rings. The molecule has 12 heteroatoms. The van der Waals surface area contributed by atoms with Crippen LogP contribution in [0.4, 0.5) is 11.4 Å². The number of nitrogens with zero attached hydrogens (tertiary/aromatic N) is 2. The van der Waals surface area contributed by atoms with Gasteiger partial charge >= 0.3 is 0 Å². The molecule has 3 aromatic rings. The molecule has 0 radical (unpaired) electrons. The van der Waals surface area contributed by atoms with E-state index in [0.717, 1.165) is 22.8 Å². The van der Waals surface area contributed by atoms with Crippen molar-refractivity contribution in [2.45, 2.75) is 29.6 Å². The number of piperidine rings is 1. The number of carbonyl (C=O) groups excluding carboxylic acids is 1. The van der Waals surface area contributed by atoms with Crippen molar-refractivity contribution in [3.05, 3.63) is 81.2 Å². The number of carbonyl (C=O) groups is 1. The second-order valence-corrected chi connectivity index (χ2v) is 11.6. The SMILES string of the molecule is COc1ccccc1NC1CCN(S(=O)(=O)c2ccc(CNC(=O)c3ccc([N+](=O)[O-])cc3)s2)CC1. The molecule has 1 aliphatic heterocycles. The molecule has 2 heterocycles. The lowest BCUT2D eigenvalue weighted by molar-refractivity contribution is -0.384. The lowest BCUT2D eigenvalue weighted by atomic mass is 10.1. The summed E-state index contributed by atoms with van der Waals surface area (Å²) >= 11 is 1.12. The Kier molecular flexibility index (Phi) is 7.87. The maximum Gasteiger partial charge on any atom is 0.269 e. The van der Waals surface area contributed by atoms with Crippen LogP contribution in [0.3, 0.4) is 0 Å². The van der Waals surface area contributed by atoms with Gasteiger partial charge < -0.3 is 15.4 Å². The molecule has 36 heavy (non-hydrogen) atoms. The Morgan fingerprint density at radius 2 is 1.81 bits per heavy atom. The molecule has 2 aromatic carbocycles. The van der Waals surface area contributed by atoms with Gasteiger partial charge in [-0.15, -0.1) is 11.3 Å². The van der Waals surface area contributed by atoms with Crippen LogP contribution in [0.25, 0.3) is 0 Å². The van der Waals surface area contributed by atoms with Gasteiger partial charge in [0.15, 0.2) is 0 Å². The summed E-state index contributed by atoms with van der Waals surface area (Å²) in [5, 5.41) is 16.9. The second kappa shape index (κ2) is 11.1. The zero-order valence-corrected chi connectivity index (χ0v) is 21.2. The zero-order chi connectivity index (χ0) is 25.7. The first-order chi connectivity index (χ1) is 17.3. The standard InChI is InChI=1S/C24H26N4O6S2/c1-34-22-5-3-2-4-21(22)26-18-12-14-27(15-13-18)36(32,33)23-11-10-20(35-23)16-25-24(29)17-6-8-19(9-7-17)28(30)31/h2-11,18,26H,12-16H2,1H3,(H,25,29). The highest BCUT2D eigenvalue weighted by atomic mass is 32.2. The number of rotatable bonds is 9. The number of nitro groups is 1. The van der Waals surface area contributed by atoms with Crippen molar-refractivity contribution >= 4 is 38.6 Å². The summed E-state index contributed by atoms with van der Waals surface area (Å²) < 4.78 is 33.4. The Labute approximate surface area is 213 Å². The number of nitrogens with one attached hydrogen (secondary N) is 2. The third-order valence-electron chi connectivity index (χ3n) is 5.92. The molecule has 2 N–H and O–H groups in total. The van der Waals surface area contributed by atoms with E-state index in [9.17, 15) is 23.3 Å². The zero-order valence-electron chi connectivity index (χ0n) is 19.5. The predicted molar refractivity (Wildman–Crippen MR) is 137 cm³/mol. The summed E-state index contributed by atoms with van der Waals surface area (Å²) in [7, 11) is -2.01. The monoisotopic (exact) mass is 530 g/mol. The number of non-ortho nitro benzene ring substituents is 1. The maximum absolute atomic E-state index is 13.2. The average Bonchev–Trinajstić information content (AvgIpc) is 3.38. The molecule has 1 fully saturated rings. The highest BCUT2D eigenvalue weighted by molar-refractivity contribution is 7.91. The Balaban J connectivity index is 1.31. The number of benzene rings is 2.